The minimum atomic E-state index is -0.194. The fraction of sp³-hybridized carbons (Fsp3) is 0.385. The lowest BCUT2D eigenvalue weighted by atomic mass is 10.2. The van der Waals surface area contributed by atoms with Gasteiger partial charge in [0.25, 0.3) is 0 Å². The van der Waals surface area contributed by atoms with Crippen LogP contribution in [0.15, 0.2) is 29.2 Å². The van der Waals surface area contributed by atoms with Crippen LogP contribution in [0.2, 0.25) is 0 Å². The van der Waals surface area contributed by atoms with Crippen molar-refractivity contribution in [3.05, 3.63) is 35.9 Å². The second-order valence-corrected chi connectivity index (χ2v) is 6.28. The topological polar surface area (TPSA) is 37.8 Å². The van der Waals surface area contributed by atoms with Crippen molar-refractivity contribution >= 4 is 28.4 Å². The summed E-state index contributed by atoms with van der Waals surface area (Å²) in [5.41, 5.74) is 0. The van der Waals surface area contributed by atoms with Crippen LogP contribution in [0.4, 0.5) is 9.52 Å². The summed E-state index contributed by atoms with van der Waals surface area (Å²) in [7, 11) is 0. The summed E-state index contributed by atoms with van der Waals surface area (Å²) in [6, 6.07) is 6.75. The van der Waals surface area contributed by atoms with Crippen LogP contribution in [0.3, 0.4) is 0 Å². The molecule has 0 bridgehead atoms. The van der Waals surface area contributed by atoms with Gasteiger partial charge >= 0.3 is 0 Å². The smallest absolute Gasteiger partial charge is 0.202 e. The van der Waals surface area contributed by atoms with E-state index in [0.29, 0.717) is 16.6 Å². The lowest BCUT2D eigenvalue weighted by Crippen LogP contribution is -2.07. The molecule has 2 rings (SSSR count). The Labute approximate surface area is 120 Å². The van der Waals surface area contributed by atoms with Gasteiger partial charge in [-0.2, -0.15) is 4.37 Å². The molecule has 102 valence electrons. The van der Waals surface area contributed by atoms with E-state index in [-0.39, 0.29) is 5.82 Å². The van der Waals surface area contributed by atoms with Crippen LogP contribution in [0.25, 0.3) is 0 Å². The molecule has 19 heavy (non-hydrogen) atoms. The molecule has 0 aliphatic heterocycles. The highest BCUT2D eigenvalue weighted by Gasteiger charge is 2.07. The first-order valence-electron chi connectivity index (χ1n) is 6.09. The predicted molar refractivity (Wildman–Crippen MR) is 79.2 cm³/mol. The summed E-state index contributed by atoms with van der Waals surface area (Å²) in [4.78, 5) is 5.01. The normalized spacial score (nSPS) is 10.9. The third kappa shape index (κ3) is 4.47. The molecule has 1 aromatic carbocycles. The molecule has 0 spiro atoms. The largest absolute Gasteiger partial charge is 0.360 e. The van der Waals surface area contributed by atoms with Crippen LogP contribution in [-0.2, 0) is 5.75 Å². The lowest BCUT2D eigenvalue weighted by Gasteiger charge is -2.03. The number of thioether (sulfide) groups is 1. The molecule has 0 atom stereocenters. The molecule has 2 aromatic rings. The first-order valence-corrected chi connectivity index (χ1v) is 7.85. The number of aromatic nitrogens is 2. The van der Waals surface area contributed by atoms with Gasteiger partial charge in [0.05, 0.1) is 5.75 Å². The Balaban J connectivity index is 1.88. The van der Waals surface area contributed by atoms with Crippen molar-refractivity contribution in [3.8, 4) is 0 Å². The SMILES string of the molecule is CC(C)CNc1nc(CSc2ccccc2F)ns1. The number of halogens is 1. The van der Waals surface area contributed by atoms with Crippen molar-refractivity contribution in [2.24, 2.45) is 5.92 Å². The summed E-state index contributed by atoms with van der Waals surface area (Å²) in [5.74, 6) is 1.70. The highest BCUT2D eigenvalue weighted by molar-refractivity contribution is 7.98. The highest BCUT2D eigenvalue weighted by Crippen LogP contribution is 2.25. The molecule has 0 saturated carbocycles. The predicted octanol–water partition coefficient (Wildman–Crippen LogP) is 4.04. The van der Waals surface area contributed by atoms with Gasteiger partial charge in [0.2, 0.25) is 5.13 Å². The zero-order chi connectivity index (χ0) is 13.7. The Bertz CT molecular complexity index is 528. The second-order valence-electron chi connectivity index (χ2n) is 4.51. The second kappa shape index (κ2) is 6.86. The van der Waals surface area contributed by atoms with E-state index >= 15 is 0 Å². The minimum Gasteiger partial charge on any atom is -0.360 e. The summed E-state index contributed by atoms with van der Waals surface area (Å²) >= 11 is 2.77. The zero-order valence-corrected chi connectivity index (χ0v) is 12.5. The van der Waals surface area contributed by atoms with E-state index in [1.54, 1.807) is 12.1 Å². The van der Waals surface area contributed by atoms with Crippen molar-refractivity contribution in [2.75, 3.05) is 11.9 Å². The molecule has 1 aromatic heterocycles. The fourth-order valence-electron chi connectivity index (χ4n) is 1.38. The van der Waals surface area contributed by atoms with E-state index in [2.05, 4.69) is 28.5 Å². The third-order valence-electron chi connectivity index (χ3n) is 2.32. The van der Waals surface area contributed by atoms with Crippen molar-refractivity contribution in [1.82, 2.24) is 9.36 Å². The van der Waals surface area contributed by atoms with Gasteiger partial charge in [0.15, 0.2) is 5.82 Å². The molecule has 1 N–H and O–H groups in total. The van der Waals surface area contributed by atoms with Crippen molar-refractivity contribution in [2.45, 2.75) is 24.5 Å². The van der Waals surface area contributed by atoms with Crippen molar-refractivity contribution < 1.29 is 4.39 Å². The Kier molecular flexibility index (Phi) is 5.15. The standard InChI is InChI=1S/C13H16FN3S2/c1-9(2)7-15-13-16-12(17-19-13)8-18-11-6-4-3-5-10(11)14/h3-6,9H,7-8H2,1-2H3,(H,15,16,17). The quantitative estimate of drug-likeness (QED) is 0.817. The monoisotopic (exact) mass is 297 g/mol. The van der Waals surface area contributed by atoms with E-state index in [1.165, 1.54) is 29.4 Å². The number of nitrogens with zero attached hydrogens (tertiary/aromatic N) is 2. The Morgan fingerprint density at radius 2 is 2.16 bits per heavy atom. The van der Waals surface area contributed by atoms with Gasteiger partial charge in [-0.1, -0.05) is 26.0 Å². The fourth-order valence-corrected chi connectivity index (χ4v) is 2.85. The Hall–Kier alpha value is -1.14. The molecule has 1 heterocycles. The number of benzene rings is 1. The van der Waals surface area contributed by atoms with Gasteiger partial charge in [-0.25, -0.2) is 9.37 Å². The average molecular weight is 297 g/mol. The van der Waals surface area contributed by atoms with Gasteiger partial charge in [-0.05, 0) is 18.1 Å². The number of hydrogen-bond donors (Lipinski definition) is 1. The van der Waals surface area contributed by atoms with E-state index in [1.807, 2.05) is 6.07 Å². The van der Waals surface area contributed by atoms with Gasteiger partial charge in [0, 0.05) is 23.0 Å². The molecule has 0 aliphatic carbocycles. The molecular weight excluding hydrogens is 281 g/mol. The van der Waals surface area contributed by atoms with Gasteiger partial charge in [0.1, 0.15) is 5.82 Å². The maximum Gasteiger partial charge on any atom is 0.202 e. The molecule has 0 fully saturated rings. The maximum absolute atomic E-state index is 13.4. The van der Waals surface area contributed by atoms with Crippen LogP contribution < -0.4 is 5.32 Å². The Morgan fingerprint density at radius 1 is 1.37 bits per heavy atom. The summed E-state index contributed by atoms with van der Waals surface area (Å²) in [6.45, 7) is 5.17. The van der Waals surface area contributed by atoms with Gasteiger partial charge < -0.3 is 5.32 Å². The number of rotatable bonds is 6. The van der Waals surface area contributed by atoms with E-state index in [0.717, 1.165) is 17.5 Å². The summed E-state index contributed by atoms with van der Waals surface area (Å²) < 4.78 is 17.7. The van der Waals surface area contributed by atoms with E-state index in [9.17, 15) is 4.39 Å². The van der Waals surface area contributed by atoms with Crippen LogP contribution >= 0.6 is 23.3 Å². The average Bonchev–Trinajstić information content (AvgIpc) is 2.83. The summed E-state index contributed by atoms with van der Waals surface area (Å²) in [5, 5.41) is 4.07. The van der Waals surface area contributed by atoms with Crippen LogP contribution in [0.5, 0.6) is 0 Å². The first-order chi connectivity index (χ1) is 9.15. The minimum absolute atomic E-state index is 0.194. The van der Waals surface area contributed by atoms with E-state index in [4.69, 9.17) is 0 Å². The Morgan fingerprint density at radius 3 is 2.89 bits per heavy atom. The zero-order valence-electron chi connectivity index (χ0n) is 10.9. The van der Waals surface area contributed by atoms with Crippen molar-refractivity contribution in [1.29, 1.82) is 0 Å². The molecule has 0 aliphatic rings. The first kappa shape index (κ1) is 14.3. The number of anilines is 1. The molecular formula is C13H16FN3S2. The molecule has 3 nitrogen and oxygen atoms in total. The third-order valence-corrected chi connectivity index (χ3v) is 4.08. The molecule has 0 radical (unpaired) electrons. The van der Waals surface area contributed by atoms with Crippen molar-refractivity contribution in [3.63, 3.8) is 0 Å². The van der Waals surface area contributed by atoms with Crippen LogP contribution in [-0.4, -0.2) is 15.9 Å². The van der Waals surface area contributed by atoms with Gasteiger partial charge in [-0.3, -0.25) is 0 Å². The van der Waals surface area contributed by atoms with Crippen LogP contribution in [0, 0.1) is 11.7 Å². The number of nitrogens with one attached hydrogen (secondary N) is 1. The highest BCUT2D eigenvalue weighted by atomic mass is 32.2. The van der Waals surface area contributed by atoms with E-state index < -0.39 is 0 Å². The summed E-state index contributed by atoms with van der Waals surface area (Å²) in [6.07, 6.45) is 0. The lowest BCUT2D eigenvalue weighted by molar-refractivity contribution is 0.602. The van der Waals surface area contributed by atoms with Gasteiger partial charge in [-0.15, -0.1) is 11.8 Å². The molecule has 0 unspecified atom stereocenters. The molecule has 6 heteroatoms. The van der Waals surface area contributed by atoms with Crippen LogP contribution in [0.1, 0.15) is 19.7 Å². The number of hydrogen-bond acceptors (Lipinski definition) is 5. The molecule has 0 amide bonds. The maximum atomic E-state index is 13.4. The molecule has 0 saturated heterocycles.